The lowest BCUT2D eigenvalue weighted by Gasteiger charge is -2.19. The molecule has 2 nitrogen and oxygen atoms in total. The van der Waals surface area contributed by atoms with E-state index in [0.717, 1.165) is 13.0 Å². The molecule has 0 aliphatic rings. The smallest absolute Gasteiger partial charge is 0.0587 e. The SMILES string of the molecule is CCCNC(CO)C(C)C. The highest BCUT2D eigenvalue weighted by Gasteiger charge is 2.09. The van der Waals surface area contributed by atoms with E-state index >= 15 is 0 Å². The van der Waals surface area contributed by atoms with E-state index in [1.807, 2.05) is 0 Å². The Labute approximate surface area is 63.6 Å². The summed E-state index contributed by atoms with van der Waals surface area (Å²) in [5.41, 5.74) is 0. The van der Waals surface area contributed by atoms with Gasteiger partial charge in [0.2, 0.25) is 0 Å². The second-order valence-electron chi connectivity index (χ2n) is 2.99. The molecule has 1 unspecified atom stereocenters. The molecule has 0 spiro atoms. The fourth-order valence-electron chi connectivity index (χ4n) is 0.841. The summed E-state index contributed by atoms with van der Waals surface area (Å²) in [5.74, 6) is 0.525. The number of rotatable bonds is 5. The Morgan fingerprint density at radius 3 is 2.30 bits per heavy atom. The zero-order chi connectivity index (χ0) is 7.98. The minimum Gasteiger partial charge on any atom is -0.395 e. The predicted octanol–water partition coefficient (Wildman–Crippen LogP) is 1.00. The third-order valence-corrected chi connectivity index (χ3v) is 1.66. The lowest BCUT2D eigenvalue weighted by Crippen LogP contribution is -2.37. The fourth-order valence-corrected chi connectivity index (χ4v) is 0.841. The van der Waals surface area contributed by atoms with E-state index in [1.165, 1.54) is 0 Å². The molecule has 0 aliphatic carbocycles. The molecule has 0 fully saturated rings. The maximum atomic E-state index is 8.86. The van der Waals surface area contributed by atoms with Crippen molar-refractivity contribution in [1.82, 2.24) is 5.32 Å². The average molecular weight is 145 g/mol. The van der Waals surface area contributed by atoms with Gasteiger partial charge in [-0.15, -0.1) is 0 Å². The van der Waals surface area contributed by atoms with Crippen LogP contribution in [-0.4, -0.2) is 24.3 Å². The molecule has 0 amide bonds. The average Bonchev–Trinajstić information content (AvgIpc) is 1.89. The Kier molecular flexibility index (Phi) is 5.64. The highest BCUT2D eigenvalue weighted by molar-refractivity contribution is 4.67. The molecule has 0 aromatic carbocycles. The number of nitrogens with one attached hydrogen (secondary N) is 1. The maximum absolute atomic E-state index is 8.86. The first-order valence-electron chi connectivity index (χ1n) is 4.06. The molecule has 0 aromatic heterocycles. The Hall–Kier alpha value is -0.0800. The molecule has 2 heteroatoms. The molecular weight excluding hydrogens is 126 g/mol. The number of aliphatic hydroxyl groups is 1. The normalized spacial score (nSPS) is 14.1. The van der Waals surface area contributed by atoms with Crippen molar-refractivity contribution in [2.75, 3.05) is 13.2 Å². The molecular formula is C8H19NO. The van der Waals surface area contributed by atoms with Crippen molar-refractivity contribution in [1.29, 1.82) is 0 Å². The quantitative estimate of drug-likeness (QED) is 0.605. The molecule has 1 atom stereocenters. The molecule has 0 heterocycles. The van der Waals surface area contributed by atoms with Crippen LogP contribution < -0.4 is 5.32 Å². The molecule has 2 N–H and O–H groups in total. The van der Waals surface area contributed by atoms with Crippen molar-refractivity contribution in [3.8, 4) is 0 Å². The van der Waals surface area contributed by atoms with Crippen LogP contribution >= 0.6 is 0 Å². The van der Waals surface area contributed by atoms with E-state index in [9.17, 15) is 0 Å². The summed E-state index contributed by atoms with van der Waals surface area (Å²) >= 11 is 0. The Morgan fingerprint density at radius 2 is 2.00 bits per heavy atom. The first-order valence-corrected chi connectivity index (χ1v) is 4.06. The first kappa shape index (κ1) is 9.92. The second kappa shape index (κ2) is 5.69. The van der Waals surface area contributed by atoms with Crippen molar-refractivity contribution in [2.45, 2.75) is 33.2 Å². The maximum Gasteiger partial charge on any atom is 0.0587 e. The van der Waals surface area contributed by atoms with Gasteiger partial charge in [-0.3, -0.25) is 0 Å². The van der Waals surface area contributed by atoms with Crippen LogP contribution in [0.5, 0.6) is 0 Å². The van der Waals surface area contributed by atoms with Crippen LogP contribution in [0.2, 0.25) is 0 Å². The monoisotopic (exact) mass is 145 g/mol. The third kappa shape index (κ3) is 3.85. The van der Waals surface area contributed by atoms with Gasteiger partial charge >= 0.3 is 0 Å². The highest BCUT2D eigenvalue weighted by Crippen LogP contribution is 1.99. The van der Waals surface area contributed by atoms with E-state index < -0.39 is 0 Å². The number of aliphatic hydroxyl groups excluding tert-OH is 1. The lowest BCUT2D eigenvalue weighted by atomic mass is 10.1. The van der Waals surface area contributed by atoms with E-state index in [0.29, 0.717) is 5.92 Å². The van der Waals surface area contributed by atoms with E-state index in [1.54, 1.807) is 0 Å². The zero-order valence-electron chi connectivity index (χ0n) is 7.22. The van der Waals surface area contributed by atoms with Crippen LogP contribution in [0, 0.1) is 5.92 Å². The van der Waals surface area contributed by atoms with Crippen LogP contribution in [0.4, 0.5) is 0 Å². The number of hydrogen-bond donors (Lipinski definition) is 2. The van der Waals surface area contributed by atoms with Crippen LogP contribution in [0.1, 0.15) is 27.2 Å². The summed E-state index contributed by atoms with van der Waals surface area (Å²) in [7, 11) is 0. The van der Waals surface area contributed by atoms with Gasteiger partial charge in [0, 0.05) is 6.04 Å². The molecule has 10 heavy (non-hydrogen) atoms. The van der Waals surface area contributed by atoms with Gasteiger partial charge < -0.3 is 10.4 Å². The van der Waals surface area contributed by atoms with Crippen LogP contribution in [0.25, 0.3) is 0 Å². The standard InChI is InChI=1S/C8H19NO/c1-4-5-9-8(6-10)7(2)3/h7-10H,4-6H2,1-3H3. The predicted molar refractivity (Wildman–Crippen MR) is 44.0 cm³/mol. The van der Waals surface area contributed by atoms with Crippen molar-refractivity contribution < 1.29 is 5.11 Å². The summed E-state index contributed by atoms with van der Waals surface area (Å²) in [6.45, 7) is 7.61. The zero-order valence-corrected chi connectivity index (χ0v) is 7.22. The van der Waals surface area contributed by atoms with Gasteiger partial charge in [-0.05, 0) is 18.9 Å². The van der Waals surface area contributed by atoms with E-state index in [4.69, 9.17) is 5.11 Å². The van der Waals surface area contributed by atoms with Crippen LogP contribution in [0.15, 0.2) is 0 Å². The van der Waals surface area contributed by atoms with Gasteiger partial charge in [0.1, 0.15) is 0 Å². The fraction of sp³-hybridized carbons (Fsp3) is 1.00. The summed E-state index contributed by atoms with van der Waals surface area (Å²) in [4.78, 5) is 0. The largest absolute Gasteiger partial charge is 0.395 e. The van der Waals surface area contributed by atoms with Gasteiger partial charge in [-0.1, -0.05) is 20.8 Å². The highest BCUT2D eigenvalue weighted by atomic mass is 16.3. The second-order valence-corrected chi connectivity index (χ2v) is 2.99. The minimum atomic E-state index is 0.248. The summed E-state index contributed by atoms with van der Waals surface area (Å²) in [6, 6.07) is 0.278. The lowest BCUT2D eigenvalue weighted by molar-refractivity contribution is 0.211. The van der Waals surface area contributed by atoms with Gasteiger partial charge in [-0.25, -0.2) is 0 Å². The Morgan fingerprint density at radius 1 is 1.40 bits per heavy atom. The molecule has 0 saturated carbocycles. The number of hydrogen-bond acceptors (Lipinski definition) is 2. The van der Waals surface area contributed by atoms with Crippen molar-refractivity contribution in [2.24, 2.45) is 5.92 Å². The summed E-state index contributed by atoms with van der Waals surface area (Å²) < 4.78 is 0. The topological polar surface area (TPSA) is 32.3 Å². The molecule has 0 bridgehead atoms. The molecule has 0 rings (SSSR count). The van der Waals surface area contributed by atoms with Crippen LogP contribution in [0.3, 0.4) is 0 Å². The van der Waals surface area contributed by atoms with Crippen molar-refractivity contribution in [3.05, 3.63) is 0 Å². The summed E-state index contributed by atoms with van der Waals surface area (Å²) in [5, 5.41) is 12.1. The molecule has 0 aliphatic heterocycles. The Balaban J connectivity index is 3.40. The van der Waals surface area contributed by atoms with Gasteiger partial charge in [-0.2, -0.15) is 0 Å². The van der Waals surface area contributed by atoms with Crippen LogP contribution in [-0.2, 0) is 0 Å². The third-order valence-electron chi connectivity index (χ3n) is 1.66. The van der Waals surface area contributed by atoms with Gasteiger partial charge in [0.05, 0.1) is 6.61 Å². The van der Waals surface area contributed by atoms with Crippen molar-refractivity contribution >= 4 is 0 Å². The summed E-state index contributed by atoms with van der Waals surface area (Å²) in [6.07, 6.45) is 1.13. The van der Waals surface area contributed by atoms with Gasteiger partial charge in [0.15, 0.2) is 0 Å². The molecule has 62 valence electrons. The Bertz CT molecular complexity index is 73.7. The molecule has 0 radical (unpaired) electrons. The van der Waals surface area contributed by atoms with Crippen molar-refractivity contribution in [3.63, 3.8) is 0 Å². The van der Waals surface area contributed by atoms with Gasteiger partial charge in [0.25, 0.3) is 0 Å². The first-order chi connectivity index (χ1) is 4.72. The molecule has 0 aromatic rings. The van der Waals surface area contributed by atoms with E-state index in [2.05, 4.69) is 26.1 Å². The molecule has 0 saturated heterocycles. The minimum absolute atomic E-state index is 0.248. The van der Waals surface area contributed by atoms with E-state index in [-0.39, 0.29) is 12.6 Å².